The van der Waals surface area contributed by atoms with Crippen LogP contribution in [0.4, 0.5) is 0 Å². The van der Waals surface area contributed by atoms with Gasteiger partial charge in [0.05, 0.1) is 18.7 Å². The van der Waals surface area contributed by atoms with E-state index in [1.165, 1.54) is 24.8 Å². The number of ether oxygens (including phenoxy) is 2. The molecule has 0 saturated heterocycles. The van der Waals surface area contributed by atoms with Gasteiger partial charge in [0.2, 0.25) is 0 Å². The van der Waals surface area contributed by atoms with Crippen LogP contribution in [-0.2, 0) is 6.54 Å². The third-order valence-corrected chi connectivity index (χ3v) is 3.78. The summed E-state index contributed by atoms with van der Waals surface area (Å²) in [6, 6.07) is 4.80. The summed E-state index contributed by atoms with van der Waals surface area (Å²) in [6.45, 7) is 0.879. The van der Waals surface area contributed by atoms with Crippen LogP contribution in [0.2, 0.25) is 0 Å². The van der Waals surface area contributed by atoms with Crippen molar-refractivity contribution in [3.63, 3.8) is 0 Å². The number of methoxy groups -OCH3 is 2. The van der Waals surface area contributed by atoms with Crippen LogP contribution in [0.3, 0.4) is 0 Å². The number of halogens is 1. The van der Waals surface area contributed by atoms with Crippen LogP contribution < -0.4 is 14.8 Å². The first-order chi connectivity index (χ1) is 8.24. The zero-order chi connectivity index (χ0) is 12.3. The van der Waals surface area contributed by atoms with Crippen molar-refractivity contribution in [3.8, 4) is 11.5 Å². The summed E-state index contributed by atoms with van der Waals surface area (Å²) in [5, 5.41) is 3.53. The van der Waals surface area contributed by atoms with Crippen LogP contribution >= 0.6 is 15.9 Å². The molecular weight excluding hydrogens is 282 g/mol. The molecule has 0 atom stereocenters. The van der Waals surface area contributed by atoms with Gasteiger partial charge in [0.1, 0.15) is 0 Å². The highest BCUT2D eigenvalue weighted by Crippen LogP contribution is 2.36. The first kappa shape index (κ1) is 12.7. The third kappa shape index (κ3) is 2.93. The van der Waals surface area contributed by atoms with Gasteiger partial charge in [-0.25, -0.2) is 0 Å². The molecule has 0 amide bonds. The van der Waals surface area contributed by atoms with E-state index in [1.807, 2.05) is 6.07 Å². The zero-order valence-electron chi connectivity index (χ0n) is 10.3. The van der Waals surface area contributed by atoms with Crippen LogP contribution in [0.15, 0.2) is 16.6 Å². The van der Waals surface area contributed by atoms with E-state index in [0.717, 1.165) is 22.5 Å². The fraction of sp³-hybridized carbons (Fsp3) is 0.538. The van der Waals surface area contributed by atoms with E-state index in [0.29, 0.717) is 6.04 Å². The van der Waals surface area contributed by atoms with Crippen LogP contribution in [0.1, 0.15) is 24.8 Å². The SMILES string of the molecule is COc1cc(CNC2CCC2)cc(Br)c1OC. The summed E-state index contributed by atoms with van der Waals surface area (Å²) < 4.78 is 11.5. The van der Waals surface area contributed by atoms with Crippen molar-refractivity contribution < 1.29 is 9.47 Å². The van der Waals surface area contributed by atoms with E-state index in [9.17, 15) is 0 Å². The Morgan fingerprint density at radius 1 is 1.29 bits per heavy atom. The highest BCUT2D eigenvalue weighted by molar-refractivity contribution is 9.10. The van der Waals surface area contributed by atoms with Crippen LogP contribution in [0, 0.1) is 0 Å². The molecule has 1 aromatic carbocycles. The van der Waals surface area contributed by atoms with E-state index in [1.54, 1.807) is 14.2 Å². The monoisotopic (exact) mass is 299 g/mol. The third-order valence-electron chi connectivity index (χ3n) is 3.19. The largest absolute Gasteiger partial charge is 0.493 e. The Morgan fingerprint density at radius 2 is 2.06 bits per heavy atom. The van der Waals surface area contributed by atoms with Gasteiger partial charge in [-0.2, -0.15) is 0 Å². The first-order valence-corrected chi connectivity index (χ1v) is 6.67. The number of rotatable bonds is 5. The number of nitrogens with one attached hydrogen (secondary N) is 1. The van der Waals surface area contributed by atoms with Gasteiger partial charge in [0, 0.05) is 12.6 Å². The molecule has 1 saturated carbocycles. The van der Waals surface area contributed by atoms with E-state index in [4.69, 9.17) is 9.47 Å². The van der Waals surface area contributed by atoms with Crippen molar-refractivity contribution in [2.24, 2.45) is 0 Å². The fourth-order valence-corrected chi connectivity index (χ4v) is 2.60. The van der Waals surface area contributed by atoms with E-state index in [-0.39, 0.29) is 0 Å². The highest BCUT2D eigenvalue weighted by atomic mass is 79.9. The summed E-state index contributed by atoms with van der Waals surface area (Å²) in [5.74, 6) is 1.52. The van der Waals surface area contributed by atoms with E-state index >= 15 is 0 Å². The van der Waals surface area contributed by atoms with Gasteiger partial charge in [-0.3, -0.25) is 0 Å². The first-order valence-electron chi connectivity index (χ1n) is 5.88. The summed E-state index contributed by atoms with van der Waals surface area (Å²) in [4.78, 5) is 0. The van der Waals surface area contributed by atoms with Crippen LogP contribution in [0.25, 0.3) is 0 Å². The molecule has 1 aliphatic carbocycles. The fourth-order valence-electron chi connectivity index (χ4n) is 1.95. The second-order valence-corrected chi connectivity index (χ2v) is 5.18. The minimum Gasteiger partial charge on any atom is -0.493 e. The second-order valence-electron chi connectivity index (χ2n) is 4.32. The van der Waals surface area contributed by atoms with Gasteiger partial charge < -0.3 is 14.8 Å². The topological polar surface area (TPSA) is 30.5 Å². The number of hydrogen-bond acceptors (Lipinski definition) is 3. The molecule has 94 valence electrons. The van der Waals surface area contributed by atoms with Crippen molar-refractivity contribution in [1.29, 1.82) is 0 Å². The smallest absolute Gasteiger partial charge is 0.174 e. The normalized spacial score (nSPS) is 15.5. The maximum Gasteiger partial charge on any atom is 0.174 e. The number of benzene rings is 1. The minimum atomic E-state index is 0.696. The van der Waals surface area contributed by atoms with Crippen LogP contribution in [-0.4, -0.2) is 20.3 Å². The van der Waals surface area contributed by atoms with E-state index in [2.05, 4.69) is 27.3 Å². The van der Waals surface area contributed by atoms with Gasteiger partial charge in [-0.1, -0.05) is 6.42 Å². The van der Waals surface area contributed by atoms with Gasteiger partial charge in [-0.15, -0.1) is 0 Å². The molecule has 17 heavy (non-hydrogen) atoms. The molecule has 1 N–H and O–H groups in total. The highest BCUT2D eigenvalue weighted by Gasteiger charge is 2.17. The minimum absolute atomic E-state index is 0.696. The van der Waals surface area contributed by atoms with E-state index < -0.39 is 0 Å². The summed E-state index contributed by atoms with van der Waals surface area (Å²) >= 11 is 3.50. The summed E-state index contributed by atoms with van der Waals surface area (Å²) in [5.41, 5.74) is 1.21. The molecule has 0 aliphatic heterocycles. The van der Waals surface area contributed by atoms with Crippen molar-refractivity contribution in [2.75, 3.05) is 14.2 Å². The molecule has 0 unspecified atom stereocenters. The molecule has 0 heterocycles. The molecule has 0 radical (unpaired) electrons. The standard InChI is InChI=1S/C13H18BrNO2/c1-16-12-7-9(6-11(14)13(12)17-2)8-15-10-4-3-5-10/h6-7,10,15H,3-5,8H2,1-2H3. The Balaban J connectivity index is 2.08. The molecule has 1 aromatic rings. The Bertz CT molecular complexity index is 391. The molecule has 0 bridgehead atoms. The zero-order valence-corrected chi connectivity index (χ0v) is 11.8. The Morgan fingerprint density at radius 3 is 2.59 bits per heavy atom. The molecule has 4 heteroatoms. The van der Waals surface area contributed by atoms with Gasteiger partial charge in [-0.05, 0) is 46.5 Å². The lowest BCUT2D eigenvalue weighted by molar-refractivity contribution is 0.336. The molecule has 0 aromatic heterocycles. The molecule has 0 spiro atoms. The molecule has 1 fully saturated rings. The Hall–Kier alpha value is -0.740. The van der Waals surface area contributed by atoms with Crippen molar-refractivity contribution in [2.45, 2.75) is 31.8 Å². The Labute approximate surface area is 111 Å². The Kier molecular flexibility index (Phi) is 4.29. The second kappa shape index (κ2) is 5.74. The van der Waals surface area contributed by atoms with Crippen molar-refractivity contribution in [1.82, 2.24) is 5.32 Å². The molecule has 2 rings (SSSR count). The number of hydrogen-bond donors (Lipinski definition) is 1. The van der Waals surface area contributed by atoms with Gasteiger partial charge in [0.15, 0.2) is 11.5 Å². The predicted molar refractivity (Wildman–Crippen MR) is 71.7 cm³/mol. The average Bonchev–Trinajstić information content (AvgIpc) is 2.26. The van der Waals surface area contributed by atoms with Crippen molar-refractivity contribution >= 4 is 15.9 Å². The summed E-state index contributed by atoms with van der Waals surface area (Å²) in [6.07, 6.45) is 3.95. The molecule has 3 nitrogen and oxygen atoms in total. The van der Waals surface area contributed by atoms with Gasteiger partial charge >= 0.3 is 0 Å². The lowest BCUT2D eigenvalue weighted by Crippen LogP contribution is -2.34. The van der Waals surface area contributed by atoms with Gasteiger partial charge in [0.25, 0.3) is 0 Å². The quantitative estimate of drug-likeness (QED) is 0.906. The summed E-state index contributed by atoms with van der Waals surface area (Å²) in [7, 11) is 3.31. The lowest BCUT2D eigenvalue weighted by Gasteiger charge is -2.26. The molecule has 1 aliphatic rings. The lowest BCUT2D eigenvalue weighted by atomic mass is 9.93. The average molecular weight is 300 g/mol. The maximum absolute atomic E-state index is 5.32. The maximum atomic E-state index is 5.32. The molecular formula is C13H18BrNO2. The van der Waals surface area contributed by atoms with Crippen LogP contribution in [0.5, 0.6) is 11.5 Å². The van der Waals surface area contributed by atoms with Crippen molar-refractivity contribution in [3.05, 3.63) is 22.2 Å². The predicted octanol–water partition coefficient (Wildman–Crippen LogP) is 3.11.